The lowest BCUT2D eigenvalue weighted by Gasteiger charge is -2.39. The minimum atomic E-state index is -4.44. The van der Waals surface area contributed by atoms with Crippen molar-refractivity contribution in [1.29, 1.82) is 0 Å². The largest absolute Gasteiger partial charge is 0.470 e. The van der Waals surface area contributed by atoms with Crippen molar-refractivity contribution in [2.45, 2.75) is 110 Å². The fourth-order valence-corrected chi connectivity index (χ4v) is 4.97. The van der Waals surface area contributed by atoms with Gasteiger partial charge in [0.2, 0.25) is 0 Å². The third-order valence-corrected chi connectivity index (χ3v) is 6.16. The van der Waals surface area contributed by atoms with Crippen LogP contribution in [0.1, 0.15) is 105 Å². The minimum absolute atomic E-state index is 0.513. The van der Waals surface area contributed by atoms with E-state index < -0.39 is 13.4 Å². The Labute approximate surface area is 155 Å². The van der Waals surface area contributed by atoms with Crippen LogP contribution in [0, 0.1) is 17.8 Å². The summed E-state index contributed by atoms with van der Waals surface area (Å²) >= 11 is 0. The highest BCUT2D eigenvalue weighted by Gasteiger charge is 2.40. The number of phosphoric ester groups is 1. The predicted molar refractivity (Wildman–Crippen MR) is 104 cm³/mol. The summed E-state index contributed by atoms with van der Waals surface area (Å²) < 4.78 is 17.0. The quantitative estimate of drug-likeness (QED) is 0.303. The first kappa shape index (κ1) is 23.1. The molecule has 25 heavy (non-hydrogen) atoms. The normalized spacial score (nSPS) is 19.5. The van der Waals surface area contributed by atoms with Crippen molar-refractivity contribution < 1.29 is 18.9 Å². The van der Waals surface area contributed by atoms with E-state index in [1.54, 1.807) is 0 Å². The maximum absolute atomic E-state index is 11.6. The number of unbranched alkanes of at least 4 members (excludes halogenated alkanes) is 1. The van der Waals surface area contributed by atoms with Crippen LogP contribution in [0.4, 0.5) is 0 Å². The van der Waals surface area contributed by atoms with Crippen LogP contribution in [0.15, 0.2) is 0 Å². The van der Waals surface area contributed by atoms with Crippen molar-refractivity contribution >= 4 is 7.82 Å². The molecule has 4 nitrogen and oxygen atoms in total. The Morgan fingerprint density at radius 2 is 1.44 bits per heavy atom. The molecule has 0 heterocycles. The van der Waals surface area contributed by atoms with Crippen molar-refractivity contribution in [1.82, 2.24) is 0 Å². The van der Waals surface area contributed by atoms with Gasteiger partial charge < -0.3 is 9.79 Å². The lowest BCUT2D eigenvalue weighted by Crippen LogP contribution is -2.36. The molecule has 1 aliphatic rings. The molecule has 0 aliphatic heterocycles. The van der Waals surface area contributed by atoms with Crippen LogP contribution in [-0.4, -0.2) is 15.4 Å². The van der Waals surface area contributed by atoms with Crippen molar-refractivity contribution in [3.8, 4) is 0 Å². The Balaban J connectivity index is 2.69. The van der Waals surface area contributed by atoms with Crippen LogP contribution in [0.3, 0.4) is 0 Å². The van der Waals surface area contributed by atoms with Gasteiger partial charge in [-0.3, -0.25) is 4.52 Å². The molecule has 2 N–H and O–H groups in total. The second kappa shape index (κ2) is 11.1. The van der Waals surface area contributed by atoms with Crippen molar-refractivity contribution in [2.24, 2.45) is 17.8 Å². The molecule has 0 aromatic rings. The third kappa shape index (κ3) is 10.8. The van der Waals surface area contributed by atoms with E-state index in [9.17, 15) is 14.4 Å². The van der Waals surface area contributed by atoms with Crippen molar-refractivity contribution in [3.05, 3.63) is 0 Å². The average Bonchev–Trinajstić information content (AvgIpc) is 2.47. The molecule has 1 fully saturated rings. The van der Waals surface area contributed by atoms with E-state index in [-0.39, 0.29) is 0 Å². The zero-order valence-corrected chi connectivity index (χ0v) is 17.8. The number of rotatable bonds is 12. The summed E-state index contributed by atoms with van der Waals surface area (Å²) in [5.74, 6) is 1.93. The lowest BCUT2D eigenvalue weighted by molar-refractivity contribution is -0.0188. The first-order valence-electron chi connectivity index (χ1n) is 10.4. The molecule has 0 aromatic carbocycles. The first-order chi connectivity index (χ1) is 11.6. The average molecular weight is 377 g/mol. The van der Waals surface area contributed by atoms with Gasteiger partial charge in [-0.15, -0.1) is 0 Å². The molecular formula is C20H41O4P. The maximum atomic E-state index is 11.6. The van der Waals surface area contributed by atoms with Gasteiger partial charge >= 0.3 is 7.82 Å². The molecule has 0 amide bonds. The zero-order chi connectivity index (χ0) is 18.9. The molecule has 1 unspecified atom stereocenters. The number of hydrogen-bond donors (Lipinski definition) is 2. The highest BCUT2D eigenvalue weighted by molar-refractivity contribution is 7.46. The molecule has 1 aliphatic carbocycles. The van der Waals surface area contributed by atoms with Crippen molar-refractivity contribution in [2.75, 3.05) is 0 Å². The van der Waals surface area contributed by atoms with E-state index in [4.69, 9.17) is 4.52 Å². The van der Waals surface area contributed by atoms with Gasteiger partial charge in [0.1, 0.15) is 0 Å². The van der Waals surface area contributed by atoms with Crippen LogP contribution in [0.25, 0.3) is 0 Å². The fourth-order valence-electron chi connectivity index (χ4n) is 4.21. The molecule has 1 rings (SSSR count). The van der Waals surface area contributed by atoms with Gasteiger partial charge in [0.05, 0.1) is 5.60 Å². The molecule has 1 atom stereocenters. The Morgan fingerprint density at radius 3 is 1.96 bits per heavy atom. The van der Waals surface area contributed by atoms with E-state index in [0.717, 1.165) is 57.3 Å². The highest BCUT2D eigenvalue weighted by Crippen LogP contribution is 2.50. The Bertz CT molecular complexity index is 397. The summed E-state index contributed by atoms with van der Waals surface area (Å²) in [5.41, 5.74) is -0.600. The highest BCUT2D eigenvalue weighted by atomic mass is 31.2. The second-order valence-electron chi connectivity index (χ2n) is 9.05. The van der Waals surface area contributed by atoms with Crippen LogP contribution >= 0.6 is 7.82 Å². The van der Waals surface area contributed by atoms with Gasteiger partial charge in [-0.05, 0) is 37.0 Å². The molecular weight excluding hydrogens is 335 g/mol. The van der Waals surface area contributed by atoms with E-state index in [0.29, 0.717) is 11.8 Å². The summed E-state index contributed by atoms with van der Waals surface area (Å²) in [6.45, 7) is 9.03. The summed E-state index contributed by atoms with van der Waals surface area (Å²) in [6.07, 6.45) is 12.8. The summed E-state index contributed by atoms with van der Waals surface area (Å²) in [6, 6.07) is 0. The Kier molecular flexibility index (Phi) is 10.2. The van der Waals surface area contributed by atoms with E-state index in [1.165, 1.54) is 25.7 Å². The van der Waals surface area contributed by atoms with Gasteiger partial charge in [0.15, 0.2) is 0 Å². The van der Waals surface area contributed by atoms with Crippen LogP contribution in [0.5, 0.6) is 0 Å². The lowest BCUT2D eigenvalue weighted by atomic mass is 9.76. The van der Waals surface area contributed by atoms with E-state index in [1.807, 2.05) is 0 Å². The predicted octanol–water partition coefficient (Wildman–Crippen LogP) is 6.46. The van der Waals surface area contributed by atoms with Gasteiger partial charge in [-0.2, -0.15) is 0 Å². The van der Waals surface area contributed by atoms with Crippen LogP contribution in [0.2, 0.25) is 0 Å². The molecule has 0 aromatic heterocycles. The van der Waals surface area contributed by atoms with Crippen LogP contribution in [-0.2, 0) is 9.09 Å². The third-order valence-electron chi connectivity index (χ3n) is 5.53. The Hall–Kier alpha value is 0.110. The summed E-state index contributed by atoms with van der Waals surface area (Å²) in [7, 11) is -4.44. The van der Waals surface area contributed by atoms with Gasteiger partial charge in [-0.25, -0.2) is 4.57 Å². The van der Waals surface area contributed by atoms with E-state index >= 15 is 0 Å². The SMILES string of the molecule is CC(C)CCCCC(CCC(C)C)CC1(OP(=O)(O)O)CCCCC1. The smallest absolute Gasteiger partial charge is 0.303 e. The molecule has 5 heteroatoms. The zero-order valence-electron chi connectivity index (χ0n) is 16.9. The van der Waals surface area contributed by atoms with Gasteiger partial charge in [0, 0.05) is 0 Å². The number of phosphoric acid groups is 1. The molecule has 1 saturated carbocycles. The minimum Gasteiger partial charge on any atom is -0.303 e. The van der Waals surface area contributed by atoms with Crippen LogP contribution < -0.4 is 0 Å². The molecule has 0 saturated heterocycles. The monoisotopic (exact) mass is 376 g/mol. The molecule has 0 spiro atoms. The van der Waals surface area contributed by atoms with Crippen molar-refractivity contribution in [3.63, 3.8) is 0 Å². The molecule has 0 radical (unpaired) electrons. The maximum Gasteiger partial charge on any atom is 0.470 e. The molecule has 150 valence electrons. The summed E-state index contributed by atoms with van der Waals surface area (Å²) in [5, 5.41) is 0. The Morgan fingerprint density at radius 1 is 0.880 bits per heavy atom. The summed E-state index contributed by atoms with van der Waals surface area (Å²) in [4.78, 5) is 18.9. The number of hydrogen-bond acceptors (Lipinski definition) is 2. The molecule has 0 bridgehead atoms. The van der Waals surface area contributed by atoms with E-state index in [2.05, 4.69) is 27.7 Å². The topological polar surface area (TPSA) is 66.8 Å². The fraction of sp³-hybridized carbons (Fsp3) is 1.00. The van der Waals surface area contributed by atoms with Gasteiger partial charge in [-0.1, -0.05) is 85.5 Å². The standard InChI is InChI=1S/C20H41O4P/c1-17(2)10-6-7-11-19(13-12-18(3)4)16-20(24-25(21,22)23)14-8-5-9-15-20/h17-19H,5-16H2,1-4H3,(H2,21,22,23). The van der Waals surface area contributed by atoms with Gasteiger partial charge in [0.25, 0.3) is 0 Å². The second-order valence-corrected chi connectivity index (χ2v) is 10.2. The first-order valence-corrected chi connectivity index (χ1v) is 11.9.